The van der Waals surface area contributed by atoms with E-state index in [-0.39, 0.29) is 5.95 Å². The van der Waals surface area contributed by atoms with Crippen LogP contribution in [0.4, 0.5) is 5.95 Å². The van der Waals surface area contributed by atoms with E-state index in [2.05, 4.69) is 20.8 Å². The first-order chi connectivity index (χ1) is 11.1. The predicted octanol–water partition coefficient (Wildman–Crippen LogP) is 1.19. The van der Waals surface area contributed by atoms with Crippen molar-refractivity contribution in [1.29, 1.82) is 0 Å². The third-order valence-electron chi connectivity index (χ3n) is 3.23. The van der Waals surface area contributed by atoms with Crippen LogP contribution >= 0.6 is 0 Å². The molecule has 0 aliphatic carbocycles. The van der Waals surface area contributed by atoms with Gasteiger partial charge in [-0.05, 0) is 24.6 Å². The molecule has 8 heteroatoms. The maximum absolute atomic E-state index is 12.0. The molecule has 0 fully saturated rings. The number of ether oxygens (including phenoxy) is 2. The monoisotopic (exact) mass is 319 g/mol. The van der Waals surface area contributed by atoms with Gasteiger partial charge in [-0.15, -0.1) is 0 Å². The van der Waals surface area contributed by atoms with E-state index in [4.69, 9.17) is 9.47 Å². The van der Waals surface area contributed by atoms with Crippen LogP contribution in [0.5, 0.6) is 11.5 Å². The summed E-state index contributed by atoms with van der Waals surface area (Å²) in [5.41, 5.74) is 6.11. The Hall–Kier alpha value is -2.61. The van der Waals surface area contributed by atoms with Gasteiger partial charge in [0.05, 0.1) is 14.2 Å². The lowest BCUT2D eigenvalue weighted by atomic mass is 10.2. The van der Waals surface area contributed by atoms with E-state index in [0.29, 0.717) is 17.3 Å². The summed E-state index contributed by atoms with van der Waals surface area (Å²) in [5.74, 6) is 1.88. The first kappa shape index (κ1) is 16.8. The van der Waals surface area contributed by atoms with E-state index in [1.54, 1.807) is 33.4 Å². The zero-order valence-corrected chi connectivity index (χ0v) is 13.7. The third-order valence-corrected chi connectivity index (χ3v) is 3.23. The lowest BCUT2D eigenvalue weighted by molar-refractivity contribution is 0.355. The molecule has 0 unspecified atom stereocenters. The molecular formula is C15H21N5O3. The van der Waals surface area contributed by atoms with Crippen LogP contribution in [0.3, 0.4) is 0 Å². The molecule has 8 nitrogen and oxygen atoms in total. The molecule has 2 N–H and O–H groups in total. The minimum Gasteiger partial charge on any atom is -0.493 e. The molecule has 23 heavy (non-hydrogen) atoms. The first-order valence-corrected chi connectivity index (χ1v) is 7.27. The molecule has 0 radical (unpaired) electrons. The standard InChI is InChI=1S/C15H21N5O3/c1-5-8-16-19-14-17-13(20(2)15(21)18-14)10-6-7-11(22-3)12(9-10)23-4/h6-7,9,16H,5,8H2,1-4H3,(H,18,19,21). The fourth-order valence-electron chi connectivity index (χ4n) is 2.01. The highest BCUT2D eigenvalue weighted by Crippen LogP contribution is 2.31. The maximum Gasteiger partial charge on any atom is 0.352 e. The van der Waals surface area contributed by atoms with Crippen LogP contribution in [0, 0.1) is 0 Å². The Kier molecular flexibility index (Phi) is 5.53. The summed E-state index contributed by atoms with van der Waals surface area (Å²) in [6.07, 6.45) is 0.945. The van der Waals surface area contributed by atoms with Crippen molar-refractivity contribution in [1.82, 2.24) is 20.0 Å². The van der Waals surface area contributed by atoms with Crippen molar-refractivity contribution in [2.45, 2.75) is 13.3 Å². The lowest BCUT2D eigenvalue weighted by Gasteiger charge is -2.12. The van der Waals surface area contributed by atoms with Gasteiger partial charge in [-0.25, -0.2) is 10.2 Å². The lowest BCUT2D eigenvalue weighted by Crippen LogP contribution is -2.29. The number of methoxy groups -OCH3 is 2. The number of anilines is 1. The quantitative estimate of drug-likeness (QED) is 0.585. The van der Waals surface area contributed by atoms with E-state index in [0.717, 1.165) is 18.5 Å². The van der Waals surface area contributed by atoms with Gasteiger partial charge < -0.3 is 9.47 Å². The Balaban J connectivity index is 2.43. The molecular weight excluding hydrogens is 298 g/mol. The van der Waals surface area contributed by atoms with E-state index >= 15 is 0 Å². The predicted molar refractivity (Wildman–Crippen MR) is 87.7 cm³/mol. The van der Waals surface area contributed by atoms with Gasteiger partial charge in [-0.3, -0.25) is 9.99 Å². The van der Waals surface area contributed by atoms with Crippen LogP contribution in [0.15, 0.2) is 23.0 Å². The Morgan fingerprint density at radius 1 is 1.17 bits per heavy atom. The van der Waals surface area contributed by atoms with Crippen LogP contribution < -0.4 is 26.0 Å². The molecule has 0 bridgehead atoms. The molecule has 0 saturated heterocycles. The summed E-state index contributed by atoms with van der Waals surface area (Å²) in [7, 11) is 4.75. The number of hydrogen-bond acceptors (Lipinski definition) is 7. The number of hydrogen-bond donors (Lipinski definition) is 2. The van der Waals surface area contributed by atoms with Gasteiger partial charge in [0.2, 0.25) is 5.95 Å². The van der Waals surface area contributed by atoms with Crippen molar-refractivity contribution >= 4 is 5.95 Å². The summed E-state index contributed by atoms with van der Waals surface area (Å²) in [4.78, 5) is 20.3. The zero-order valence-electron chi connectivity index (χ0n) is 13.7. The van der Waals surface area contributed by atoms with Gasteiger partial charge in [0.1, 0.15) is 5.82 Å². The fraction of sp³-hybridized carbons (Fsp3) is 0.400. The van der Waals surface area contributed by atoms with Crippen molar-refractivity contribution in [2.24, 2.45) is 7.05 Å². The van der Waals surface area contributed by atoms with Crippen LogP contribution in [0.1, 0.15) is 13.3 Å². The fourth-order valence-corrected chi connectivity index (χ4v) is 2.01. The van der Waals surface area contributed by atoms with Crippen molar-refractivity contribution in [2.75, 3.05) is 26.2 Å². The number of hydrazine groups is 1. The summed E-state index contributed by atoms with van der Waals surface area (Å²) < 4.78 is 11.9. The van der Waals surface area contributed by atoms with Gasteiger partial charge in [-0.1, -0.05) is 6.92 Å². The van der Waals surface area contributed by atoms with E-state index in [1.807, 2.05) is 13.0 Å². The molecule has 0 aliphatic rings. The van der Waals surface area contributed by atoms with Crippen molar-refractivity contribution in [3.8, 4) is 22.9 Å². The summed E-state index contributed by atoms with van der Waals surface area (Å²) in [5, 5.41) is 0. The number of aromatic nitrogens is 3. The Morgan fingerprint density at radius 2 is 1.91 bits per heavy atom. The average molecular weight is 319 g/mol. The Morgan fingerprint density at radius 3 is 2.57 bits per heavy atom. The molecule has 2 rings (SSSR count). The Labute approximate surface area is 134 Å². The molecule has 1 aromatic heterocycles. The summed E-state index contributed by atoms with van der Waals surface area (Å²) in [6.45, 7) is 2.78. The van der Waals surface area contributed by atoms with E-state index in [1.165, 1.54) is 4.57 Å². The largest absolute Gasteiger partial charge is 0.493 e. The molecule has 0 atom stereocenters. The highest BCUT2D eigenvalue weighted by molar-refractivity contribution is 5.62. The van der Waals surface area contributed by atoms with Crippen LogP contribution in [0.2, 0.25) is 0 Å². The Bertz CT molecular complexity index is 730. The second kappa shape index (κ2) is 7.59. The van der Waals surface area contributed by atoms with E-state index < -0.39 is 5.69 Å². The topological polar surface area (TPSA) is 90.3 Å². The third kappa shape index (κ3) is 3.78. The van der Waals surface area contributed by atoms with E-state index in [9.17, 15) is 4.79 Å². The number of benzene rings is 1. The summed E-state index contributed by atoms with van der Waals surface area (Å²) in [6, 6.07) is 5.35. The highest BCUT2D eigenvalue weighted by atomic mass is 16.5. The van der Waals surface area contributed by atoms with Gasteiger partial charge in [-0.2, -0.15) is 9.97 Å². The molecule has 2 aromatic rings. The number of rotatable bonds is 7. The molecule has 1 heterocycles. The second-order valence-electron chi connectivity index (χ2n) is 4.83. The van der Waals surface area contributed by atoms with Crippen molar-refractivity contribution < 1.29 is 9.47 Å². The first-order valence-electron chi connectivity index (χ1n) is 7.27. The number of nitrogens with one attached hydrogen (secondary N) is 2. The van der Waals surface area contributed by atoms with Gasteiger partial charge in [0.15, 0.2) is 11.5 Å². The van der Waals surface area contributed by atoms with Crippen molar-refractivity contribution in [3.05, 3.63) is 28.7 Å². The average Bonchev–Trinajstić information content (AvgIpc) is 2.57. The molecule has 0 aliphatic heterocycles. The normalized spacial score (nSPS) is 10.4. The molecule has 0 spiro atoms. The maximum atomic E-state index is 12.0. The van der Waals surface area contributed by atoms with Gasteiger partial charge in [0, 0.05) is 19.2 Å². The molecule has 124 valence electrons. The minimum atomic E-state index is -0.398. The molecule has 0 saturated carbocycles. The van der Waals surface area contributed by atoms with Crippen LogP contribution in [-0.2, 0) is 7.05 Å². The second-order valence-corrected chi connectivity index (χ2v) is 4.83. The minimum absolute atomic E-state index is 0.228. The van der Waals surface area contributed by atoms with Crippen molar-refractivity contribution in [3.63, 3.8) is 0 Å². The highest BCUT2D eigenvalue weighted by Gasteiger charge is 2.12. The molecule has 1 aromatic carbocycles. The molecule has 0 amide bonds. The number of nitrogens with zero attached hydrogens (tertiary/aromatic N) is 3. The SMILES string of the molecule is CCCNNc1nc(-c2ccc(OC)c(OC)c2)n(C)c(=O)n1. The van der Waals surface area contributed by atoms with Gasteiger partial charge >= 0.3 is 5.69 Å². The van der Waals surface area contributed by atoms with Crippen LogP contribution in [0.25, 0.3) is 11.4 Å². The van der Waals surface area contributed by atoms with Crippen LogP contribution in [-0.4, -0.2) is 35.3 Å². The van der Waals surface area contributed by atoms with Gasteiger partial charge in [0.25, 0.3) is 0 Å². The smallest absolute Gasteiger partial charge is 0.352 e. The summed E-state index contributed by atoms with van der Waals surface area (Å²) >= 11 is 0. The zero-order chi connectivity index (χ0) is 16.8.